The third-order valence-electron chi connectivity index (χ3n) is 3.61. The molecule has 0 bridgehead atoms. The van der Waals surface area contributed by atoms with Crippen molar-refractivity contribution >= 4 is 25.3 Å². The van der Waals surface area contributed by atoms with E-state index in [1.54, 1.807) is 14.2 Å². The predicted molar refractivity (Wildman–Crippen MR) is 84.8 cm³/mol. The van der Waals surface area contributed by atoms with Crippen molar-refractivity contribution in [2.75, 3.05) is 20.8 Å². The molecule has 21 heavy (non-hydrogen) atoms. The molecule has 1 aliphatic carbocycles. The molecule has 6 heteroatoms. The molecule has 0 N–H and O–H groups in total. The molecule has 0 aliphatic heterocycles. The molecule has 4 unspecified atom stereocenters. The van der Waals surface area contributed by atoms with E-state index < -0.39 is 0 Å². The number of benzene rings is 1. The van der Waals surface area contributed by atoms with Crippen LogP contribution in [0.5, 0.6) is 5.75 Å². The number of hydrogen-bond donors (Lipinski definition) is 0. The van der Waals surface area contributed by atoms with Gasteiger partial charge in [0.15, 0.2) is 0 Å². The minimum atomic E-state index is -0.327. The van der Waals surface area contributed by atoms with Crippen molar-refractivity contribution in [2.24, 2.45) is 5.92 Å². The van der Waals surface area contributed by atoms with E-state index in [4.69, 9.17) is 39.0 Å². The van der Waals surface area contributed by atoms with Gasteiger partial charge < -0.3 is 18.9 Å². The van der Waals surface area contributed by atoms with E-state index in [0.717, 1.165) is 6.42 Å². The lowest BCUT2D eigenvalue weighted by atomic mass is 9.83. The Balaban J connectivity index is 1.95. The van der Waals surface area contributed by atoms with Crippen LogP contribution in [-0.4, -0.2) is 46.1 Å². The van der Waals surface area contributed by atoms with E-state index in [9.17, 15) is 0 Å². The van der Waals surface area contributed by atoms with Crippen molar-refractivity contribution in [3.05, 3.63) is 30.3 Å². The minimum Gasteiger partial charge on any atom is -0.451 e. The van der Waals surface area contributed by atoms with Gasteiger partial charge in [0.1, 0.15) is 11.9 Å². The largest absolute Gasteiger partial charge is 0.451 e. The van der Waals surface area contributed by atoms with Gasteiger partial charge in [0, 0.05) is 32.4 Å². The second kappa shape index (κ2) is 7.78. The van der Waals surface area contributed by atoms with Gasteiger partial charge >= 0.3 is 5.24 Å². The highest BCUT2D eigenvalue weighted by Gasteiger charge is 2.43. The number of ether oxygens (including phenoxy) is 4. The maximum atomic E-state index is 6.13. The molecule has 0 aromatic heterocycles. The molecule has 1 saturated carbocycles. The number of para-hydroxylation sites is 1. The van der Waals surface area contributed by atoms with Gasteiger partial charge in [-0.2, -0.15) is 0 Å². The molecule has 0 amide bonds. The number of methoxy groups -OCH3 is 2. The number of rotatable bonds is 5. The molecule has 4 atom stereocenters. The summed E-state index contributed by atoms with van der Waals surface area (Å²) in [6.45, 7) is 0.582. The molecule has 0 saturated heterocycles. The molecule has 2 radical (unpaired) electrons. The first-order valence-electron chi connectivity index (χ1n) is 6.86. The maximum absolute atomic E-state index is 6.13. The molecule has 2 rings (SSSR count). The summed E-state index contributed by atoms with van der Waals surface area (Å²) >= 11 is 5.14. The maximum Gasteiger partial charge on any atom is 0.358 e. The molecular weight excluding hydrogens is 287 g/mol. The molecule has 1 aromatic rings. The van der Waals surface area contributed by atoms with E-state index >= 15 is 0 Å². The fraction of sp³-hybridized carbons (Fsp3) is 0.533. The summed E-state index contributed by atoms with van der Waals surface area (Å²) in [5.41, 5.74) is 0. The van der Waals surface area contributed by atoms with Crippen LogP contribution in [0.25, 0.3) is 0 Å². The summed E-state index contributed by atoms with van der Waals surface area (Å²) in [6, 6.07) is 9.26. The van der Waals surface area contributed by atoms with Crippen LogP contribution >= 0.6 is 12.2 Å². The van der Waals surface area contributed by atoms with E-state index in [1.807, 2.05) is 30.3 Å². The van der Waals surface area contributed by atoms with Gasteiger partial charge in [0.05, 0.1) is 20.6 Å². The Labute approximate surface area is 132 Å². The zero-order valence-electron chi connectivity index (χ0n) is 12.2. The predicted octanol–water partition coefficient (Wildman–Crippen LogP) is 2.37. The Morgan fingerprint density at radius 2 is 1.95 bits per heavy atom. The van der Waals surface area contributed by atoms with Gasteiger partial charge in [-0.15, -0.1) is 0 Å². The van der Waals surface area contributed by atoms with Crippen LogP contribution in [0.2, 0.25) is 5.82 Å². The molecule has 0 spiro atoms. The highest BCUT2D eigenvalue weighted by atomic mass is 32.1. The molecule has 1 fully saturated rings. The number of hydrogen-bond acceptors (Lipinski definition) is 5. The van der Waals surface area contributed by atoms with Crippen molar-refractivity contribution in [1.29, 1.82) is 0 Å². The van der Waals surface area contributed by atoms with Crippen molar-refractivity contribution in [2.45, 2.75) is 24.4 Å². The lowest BCUT2D eigenvalue weighted by Crippen LogP contribution is -2.35. The quantitative estimate of drug-likeness (QED) is 0.617. The second-order valence-electron chi connectivity index (χ2n) is 5.06. The molecular formula is C15H19BO4S. The molecule has 4 nitrogen and oxygen atoms in total. The van der Waals surface area contributed by atoms with Crippen molar-refractivity contribution in [3.8, 4) is 5.75 Å². The zero-order chi connectivity index (χ0) is 15.2. The highest BCUT2D eigenvalue weighted by Crippen LogP contribution is 2.38. The van der Waals surface area contributed by atoms with Crippen LogP contribution in [0.15, 0.2) is 30.3 Å². The molecule has 1 aliphatic rings. The van der Waals surface area contributed by atoms with E-state index in [2.05, 4.69) is 0 Å². The normalized spacial score (nSPS) is 28.3. The van der Waals surface area contributed by atoms with Crippen molar-refractivity contribution < 1.29 is 18.9 Å². The topological polar surface area (TPSA) is 36.9 Å². The SMILES string of the molecule is [B]C1CC(COC)C(OC)C1OC(=S)Oc1ccccc1. The summed E-state index contributed by atoms with van der Waals surface area (Å²) in [6.07, 6.45) is 0.286. The Bertz CT molecular complexity index is 456. The van der Waals surface area contributed by atoms with Gasteiger partial charge in [-0.1, -0.05) is 18.2 Å². The Kier molecular flexibility index (Phi) is 6.02. The van der Waals surface area contributed by atoms with Gasteiger partial charge in [-0.05, 0) is 24.4 Å². The van der Waals surface area contributed by atoms with Gasteiger partial charge in [0.25, 0.3) is 0 Å². The van der Waals surface area contributed by atoms with E-state index in [1.165, 1.54) is 0 Å². The standard InChI is InChI=1S/C15H19BO4S/c1-17-9-10-8-12(16)14(13(10)18-2)20-15(21)19-11-6-4-3-5-7-11/h3-7,10,12-14H,8-9H2,1-2H3. The van der Waals surface area contributed by atoms with Gasteiger partial charge in [-0.3, -0.25) is 0 Å². The van der Waals surface area contributed by atoms with Crippen molar-refractivity contribution in [1.82, 2.24) is 0 Å². The lowest BCUT2D eigenvalue weighted by molar-refractivity contribution is -0.0281. The van der Waals surface area contributed by atoms with Crippen LogP contribution in [-0.2, 0) is 14.2 Å². The Hall–Kier alpha value is -1.11. The summed E-state index contributed by atoms with van der Waals surface area (Å²) in [4.78, 5) is 0. The van der Waals surface area contributed by atoms with E-state index in [-0.39, 0.29) is 29.2 Å². The van der Waals surface area contributed by atoms with Crippen molar-refractivity contribution in [3.63, 3.8) is 0 Å². The zero-order valence-corrected chi connectivity index (χ0v) is 13.0. The number of thiocarbonyl (C=S) groups is 1. The van der Waals surface area contributed by atoms with Gasteiger partial charge in [-0.25, -0.2) is 0 Å². The first-order valence-corrected chi connectivity index (χ1v) is 7.27. The van der Waals surface area contributed by atoms with Crippen LogP contribution in [0.1, 0.15) is 6.42 Å². The summed E-state index contributed by atoms with van der Waals surface area (Å²) in [5.74, 6) is 0.670. The summed E-state index contributed by atoms with van der Waals surface area (Å²) in [5, 5.41) is 0.0572. The molecule has 1 aromatic carbocycles. The first kappa shape index (κ1) is 16.3. The fourth-order valence-corrected chi connectivity index (χ4v) is 2.91. The third kappa shape index (κ3) is 4.19. The molecule has 0 heterocycles. The summed E-state index contributed by atoms with van der Waals surface area (Å²) < 4.78 is 21.9. The Morgan fingerprint density at radius 1 is 1.24 bits per heavy atom. The second-order valence-corrected chi connectivity index (χ2v) is 5.40. The Morgan fingerprint density at radius 3 is 2.57 bits per heavy atom. The van der Waals surface area contributed by atoms with Crippen LogP contribution in [0, 0.1) is 5.92 Å². The van der Waals surface area contributed by atoms with Crippen LogP contribution in [0.4, 0.5) is 0 Å². The fourth-order valence-electron chi connectivity index (χ4n) is 2.71. The average Bonchev–Trinajstić information content (AvgIpc) is 2.76. The van der Waals surface area contributed by atoms with Crippen LogP contribution in [0.3, 0.4) is 0 Å². The van der Waals surface area contributed by atoms with Gasteiger partial charge in [0.2, 0.25) is 0 Å². The lowest BCUT2D eigenvalue weighted by Gasteiger charge is -2.25. The minimum absolute atomic E-state index is 0.0572. The molecule has 112 valence electrons. The smallest absolute Gasteiger partial charge is 0.358 e. The van der Waals surface area contributed by atoms with Crippen LogP contribution < -0.4 is 4.74 Å². The third-order valence-corrected chi connectivity index (χ3v) is 3.79. The summed E-state index contributed by atoms with van der Waals surface area (Å²) in [7, 11) is 9.44. The monoisotopic (exact) mass is 306 g/mol. The average molecular weight is 306 g/mol. The highest BCUT2D eigenvalue weighted by molar-refractivity contribution is 7.79. The first-order chi connectivity index (χ1) is 10.2. The van der Waals surface area contributed by atoms with E-state index in [0.29, 0.717) is 12.4 Å².